The Morgan fingerprint density at radius 2 is 0.742 bits per heavy atom. The maximum atomic E-state index is 5.00. The van der Waals surface area contributed by atoms with Crippen LogP contribution in [0.4, 0.5) is 0 Å². The summed E-state index contributed by atoms with van der Waals surface area (Å²) in [5, 5.41) is 2.63. The van der Waals surface area contributed by atoms with Crippen molar-refractivity contribution >= 4 is 31.5 Å². The van der Waals surface area contributed by atoms with Crippen molar-refractivity contribution in [1.82, 2.24) is 15.0 Å². The quantitative estimate of drug-likeness (QED) is 0.161. The zero-order valence-electron chi connectivity index (χ0n) is 33.6. The SMILES string of the molecule is c1ccc(-c2nc(-c3ccccc3)nc(-c3cccc(-c4cccc(-c5ccc(C6(c7ccc8c(c7)sc7ccccc78)c7ccccc7-c7ccccc76)cc5)c4)c3)n2)cc1. The molecule has 1 aliphatic carbocycles. The van der Waals surface area contributed by atoms with Crippen LogP contribution in [0.1, 0.15) is 22.3 Å². The first kappa shape index (κ1) is 36.1. The van der Waals surface area contributed by atoms with Crippen LogP contribution in [0.15, 0.2) is 224 Å². The Labute approximate surface area is 364 Å². The van der Waals surface area contributed by atoms with Gasteiger partial charge >= 0.3 is 0 Å². The first-order valence-electron chi connectivity index (χ1n) is 21.0. The molecule has 3 nitrogen and oxygen atoms in total. The fourth-order valence-corrected chi connectivity index (χ4v) is 10.7. The molecule has 0 radical (unpaired) electrons. The minimum Gasteiger partial charge on any atom is -0.208 e. The van der Waals surface area contributed by atoms with Crippen LogP contribution in [0, 0.1) is 0 Å². The number of fused-ring (bicyclic) bond motifs is 6. The number of nitrogens with zero attached hydrogens (tertiary/aromatic N) is 3. The minimum atomic E-state index is -0.478. The fraction of sp³-hybridized carbons (Fsp3) is 0.0172. The summed E-state index contributed by atoms with van der Waals surface area (Å²) in [7, 11) is 0. The number of benzene rings is 9. The molecule has 9 aromatic carbocycles. The molecule has 0 saturated heterocycles. The van der Waals surface area contributed by atoms with Crippen LogP contribution in [-0.2, 0) is 5.41 Å². The standard InChI is InChI=1S/C58H37N3S/c1-3-15-39(16-4-1)55-59-56(40-17-5-2-6-18-40)61-57(60-55)44-22-14-21-43(36-44)42-20-13-19-41(35-42)38-29-31-45(32-30-38)58(51-26-10-7-23-47(51)48-24-8-11-27-52(48)58)46-33-34-50-49-25-9-12-28-53(49)62-54(50)37-46/h1-37H. The van der Waals surface area contributed by atoms with Gasteiger partial charge in [-0.3, -0.25) is 0 Å². The average Bonchev–Trinajstić information content (AvgIpc) is 3.88. The predicted molar refractivity (Wildman–Crippen MR) is 257 cm³/mol. The van der Waals surface area contributed by atoms with E-state index >= 15 is 0 Å². The molecule has 0 spiro atoms. The second-order valence-electron chi connectivity index (χ2n) is 15.9. The highest BCUT2D eigenvalue weighted by Crippen LogP contribution is 2.56. The van der Waals surface area contributed by atoms with Crippen molar-refractivity contribution in [2.75, 3.05) is 0 Å². The van der Waals surface area contributed by atoms with E-state index in [1.165, 1.54) is 59.1 Å². The van der Waals surface area contributed by atoms with Crippen molar-refractivity contribution in [2.45, 2.75) is 5.41 Å². The summed E-state index contributed by atoms with van der Waals surface area (Å²) in [5.74, 6) is 1.94. The molecule has 4 heteroatoms. The Morgan fingerprint density at radius 3 is 1.37 bits per heavy atom. The lowest BCUT2D eigenvalue weighted by atomic mass is 9.67. The molecule has 0 saturated carbocycles. The predicted octanol–water partition coefficient (Wildman–Crippen LogP) is 14.9. The number of thiophene rings is 1. The lowest BCUT2D eigenvalue weighted by molar-refractivity contribution is 0.770. The van der Waals surface area contributed by atoms with Gasteiger partial charge in [0.05, 0.1) is 5.41 Å². The topological polar surface area (TPSA) is 38.7 Å². The normalized spacial score (nSPS) is 12.6. The smallest absolute Gasteiger partial charge is 0.164 e. The molecular formula is C58H37N3S. The Kier molecular flexibility index (Phi) is 8.58. The molecule has 0 aliphatic heterocycles. The highest BCUT2D eigenvalue weighted by molar-refractivity contribution is 7.25. The van der Waals surface area contributed by atoms with E-state index in [-0.39, 0.29) is 0 Å². The van der Waals surface area contributed by atoms with E-state index in [1.807, 2.05) is 72.0 Å². The average molecular weight is 808 g/mol. The number of hydrogen-bond acceptors (Lipinski definition) is 4. The van der Waals surface area contributed by atoms with Crippen molar-refractivity contribution < 1.29 is 0 Å². The minimum absolute atomic E-state index is 0.478. The first-order chi connectivity index (χ1) is 30.7. The molecule has 0 fully saturated rings. The molecule has 0 atom stereocenters. The molecule has 62 heavy (non-hydrogen) atoms. The highest BCUT2D eigenvalue weighted by Gasteiger charge is 2.46. The molecule has 0 amide bonds. The maximum absolute atomic E-state index is 5.00. The van der Waals surface area contributed by atoms with Crippen LogP contribution in [0.5, 0.6) is 0 Å². The molecule has 11 aromatic rings. The van der Waals surface area contributed by atoms with Crippen LogP contribution in [0.25, 0.3) is 87.7 Å². The van der Waals surface area contributed by atoms with E-state index in [9.17, 15) is 0 Å². The van der Waals surface area contributed by atoms with Crippen LogP contribution in [-0.4, -0.2) is 15.0 Å². The van der Waals surface area contributed by atoms with Gasteiger partial charge in [-0.1, -0.05) is 200 Å². The third-order valence-corrected chi connectivity index (χ3v) is 13.6. The van der Waals surface area contributed by atoms with Gasteiger partial charge in [0.25, 0.3) is 0 Å². The highest BCUT2D eigenvalue weighted by atomic mass is 32.1. The van der Waals surface area contributed by atoms with Crippen molar-refractivity contribution in [3.8, 4) is 67.5 Å². The van der Waals surface area contributed by atoms with Crippen molar-refractivity contribution in [2.24, 2.45) is 0 Å². The van der Waals surface area contributed by atoms with E-state index in [2.05, 4.69) is 164 Å². The van der Waals surface area contributed by atoms with Crippen LogP contribution < -0.4 is 0 Å². The molecule has 2 aromatic heterocycles. The Hall–Kier alpha value is -7.79. The molecule has 2 heterocycles. The van der Waals surface area contributed by atoms with Crippen LogP contribution in [0.3, 0.4) is 0 Å². The van der Waals surface area contributed by atoms with Gasteiger partial charge < -0.3 is 0 Å². The van der Waals surface area contributed by atoms with Crippen molar-refractivity contribution in [3.05, 3.63) is 247 Å². The molecule has 0 unspecified atom stereocenters. The second-order valence-corrected chi connectivity index (χ2v) is 17.0. The third-order valence-electron chi connectivity index (χ3n) is 12.4. The zero-order valence-corrected chi connectivity index (χ0v) is 34.4. The molecule has 12 rings (SSSR count). The van der Waals surface area contributed by atoms with Gasteiger partial charge in [0.2, 0.25) is 0 Å². The van der Waals surface area contributed by atoms with Gasteiger partial charge in [0, 0.05) is 36.9 Å². The summed E-state index contributed by atoms with van der Waals surface area (Å²) in [5.41, 5.74) is 14.7. The van der Waals surface area contributed by atoms with Gasteiger partial charge in [-0.2, -0.15) is 0 Å². The van der Waals surface area contributed by atoms with E-state index in [0.717, 1.165) is 33.4 Å². The number of hydrogen-bond donors (Lipinski definition) is 0. The summed E-state index contributed by atoms with van der Waals surface area (Å²) < 4.78 is 2.63. The van der Waals surface area contributed by atoms with E-state index in [1.54, 1.807) is 0 Å². The van der Waals surface area contributed by atoms with Gasteiger partial charge in [0.1, 0.15) is 0 Å². The number of aromatic nitrogens is 3. The third kappa shape index (κ3) is 5.91. The lowest BCUT2D eigenvalue weighted by Crippen LogP contribution is -2.28. The second kappa shape index (κ2) is 14.7. The van der Waals surface area contributed by atoms with E-state index in [0.29, 0.717) is 17.5 Å². The Morgan fingerprint density at radius 1 is 0.290 bits per heavy atom. The molecular weight excluding hydrogens is 771 g/mol. The summed E-state index contributed by atoms with van der Waals surface area (Å²) in [6.45, 7) is 0. The monoisotopic (exact) mass is 807 g/mol. The number of rotatable bonds is 7. The zero-order chi connectivity index (χ0) is 41.0. The van der Waals surface area contributed by atoms with Gasteiger partial charge in [-0.15, -0.1) is 11.3 Å². The fourth-order valence-electron chi connectivity index (χ4n) is 9.55. The summed E-state index contributed by atoms with van der Waals surface area (Å²) in [6, 6.07) is 80.8. The molecule has 0 bridgehead atoms. The first-order valence-corrected chi connectivity index (χ1v) is 21.8. The lowest BCUT2D eigenvalue weighted by Gasteiger charge is -2.34. The summed E-state index contributed by atoms with van der Waals surface area (Å²) in [6.07, 6.45) is 0. The summed E-state index contributed by atoms with van der Waals surface area (Å²) in [4.78, 5) is 14.9. The Bertz CT molecular complexity index is 3360. The Balaban J connectivity index is 0.940. The van der Waals surface area contributed by atoms with Gasteiger partial charge in [-0.05, 0) is 79.9 Å². The molecule has 290 valence electrons. The molecule has 0 N–H and O–H groups in total. The summed E-state index contributed by atoms with van der Waals surface area (Å²) >= 11 is 1.88. The largest absolute Gasteiger partial charge is 0.208 e. The van der Waals surface area contributed by atoms with Gasteiger partial charge in [0.15, 0.2) is 17.5 Å². The van der Waals surface area contributed by atoms with E-state index in [4.69, 9.17) is 15.0 Å². The van der Waals surface area contributed by atoms with Crippen molar-refractivity contribution in [1.29, 1.82) is 0 Å². The van der Waals surface area contributed by atoms with E-state index < -0.39 is 5.41 Å². The van der Waals surface area contributed by atoms with Gasteiger partial charge in [-0.25, -0.2) is 15.0 Å². The maximum Gasteiger partial charge on any atom is 0.164 e. The van der Waals surface area contributed by atoms with Crippen molar-refractivity contribution in [3.63, 3.8) is 0 Å². The molecule has 1 aliphatic rings. The van der Waals surface area contributed by atoms with Crippen LogP contribution >= 0.6 is 11.3 Å². The van der Waals surface area contributed by atoms with Crippen LogP contribution in [0.2, 0.25) is 0 Å².